The molecule has 88 valence electrons. The van der Waals surface area contributed by atoms with Crippen molar-refractivity contribution in [3.05, 3.63) is 16.3 Å². The highest BCUT2D eigenvalue weighted by Crippen LogP contribution is 2.25. The molecule has 1 aromatic heterocycles. The van der Waals surface area contributed by atoms with Crippen LogP contribution in [0.5, 0.6) is 0 Å². The summed E-state index contributed by atoms with van der Waals surface area (Å²) < 4.78 is 24.8. The maximum absolute atomic E-state index is 11.8. The SMILES string of the molecule is O=C(O)c1cc(S(=O)(=O)N2CC(O)C2)cs1. The number of hydrogen-bond donors (Lipinski definition) is 2. The van der Waals surface area contributed by atoms with E-state index < -0.39 is 22.1 Å². The largest absolute Gasteiger partial charge is 0.477 e. The van der Waals surface area contributed by atoms with Gasteiger partial charge in [-0.15, -0.1) is 11.3 Å². The highest BCUT2D eigenvalue weighted by atomic mass is 32.2. The predicted molar refractivity (Wildman–Crippen MR) is 56.0 cm³/mol. The second-order valence-electron chi connectivity index (χ2n) is 3.43. The minimum atomic E-state index is -3.63. The van der Waals surface area contributed by atoms with Crippen LogP contribution >= 0.6 is 11.3 Å². The van der Waals surface area contributed by atoms with E-state index in [-0.39, 0.29) is 22.9 Å². The Morgan fingerprint density at radius 3 is 2.56 bits per heavy atom. The Bertz CT molecular complexity index is 514. The third-order valence-corrected chi connectivity index (χ3v) is 5.13. The van der Waals surface area contributed by atoms with Gasteiger partial charge in [-0.25, -0.2) is 13.2 Å². The van der Waals surface area contributed by atoms with Crippen LogP contribution in [0.4, 0.5) is 0 Å². The number of rotatable bonds is 3. The summed E-state index contributed by atoms with van der Waals surface area (Å²) in [7, 11) is -3.63. The van der Waals surface area contributed by atoms with Gasteiger partial charge in [-0.05, 0) is 6.07 Å². The zero-order valence-electron chi connectivity index (χ0n) is 8.03. The molecule has 16 heavy (non-hydrogen) atoms. The highest BCUT2D eigenvalue weighted by molar-refractivity contribution is 7.89. The van der Waals surface area contributed by atoms with Crippen molar-refractivity contribution in [1.29, 1.82) is 0 Å². The van der Waals surface area contributed by atoms with Crippen molar-refractivity contribution in [1.82, 2.24) is 4.31 Å². The Kier molecular flexibility index (Phi) is 2.74. The van der Waals surface area contributed by atoms with E-state index in [1.54, 1.807) is 0 Å². The fourth-order valence-electron chi connectivity index (χ4n) is 1.33. The lowest BCUT2D eigenvalue weighted by molar-refractivity contribution is 0.0547. The first-order valence-electron chi connectivity index (χ1n) is 4.41. The number of aromatic carboxylic acids is 1. The molecular weight excluding hydrogens is 254 g/mol. The molecule has 2 rings (SSSR count). The third-order valence-electron chi connectivity index (χ3n) is 2.25. The van der Waals surface area contributed by atoms with Crippen molar-refractivity contribution in [3.63, 3.8) is 0 Å². The van der Waals surface area contributed by atoms with Gasteiger partial charge in [0.1, 0.15) is 4.88 Å². The van der Waals surface area contributed by atoms with Gasteiger partial charge in [-0.2, -0.15) is 4.31 Å². The summed E-state index contributed by atoms with van der Waals surface area (Å²) in [5.41, 5.74) is 0. The van der Waals surface area contributed by atoms with Crippen LogP contribution in [0.15, 0.2) is 16.3 Å². The minimum absolute atomic E-state index is 0.0142. The Balaban J connectivity index is 2.26. The molecule has 0 unspecified atom stereocenters. The number of thiophene rings is 1. The molecule has 2 heterocycles. The van der Waals surface area contributed by atoms with E-state index in [4.69, 9.17) is 10.2 Å². The van der Waals surface area contributed by atoms with Crippen molar-refractivity contribution in [2.75, 3.05) is 13.1 Å². The van der Waals surface area contributed by atoms with E-state index in [1.807, 2.05) is 0 Å². The molecule has 0 amide bonds. The molecule has 1 aliphatic rings. The summed E-state index contributed by atoms with van der Waals surface area (Å²) in [6.45, 7) is 0.140. The lowest BCUT2D eigenvalue weighted by Crippen LogP contribution is -2.53. The van der Waals surface area contributed by atoms with Crippen molar-refractivity contribution < 1.29 is 23.4 Å². The number of carboxylic acid groups (broad SMARTS) is 1. The van der Waals surface area contributed by atoms with Gasteiger partial charge in [0.05, 0.1) is 11.0 Å². The minimum Gasteiger partial charge on any atom is -0.477 e. The van der Waals surface area contributed by atoms with Crippen LogP contribution in [0.3, 0.4) is 0 Å². The number of sulfonamides is 1. The van der Waals surface area contributed by atoms with E-state index in [0.29, 0.717) is 0 Å². The maximum Gasteiger partial charge on any atom is 0.345 e. The first kappa shape index (κ1) is 11.5. The summed E-state index contributed by atoms with van der Waals surface area (Å²) in [5.74, 6) is -1.14. The average molecular weight is 263 g/mol. The van der Waals surface area contributed by atoms with E-state index in [2.05, 4.69) is 0 Å². The number of β-amino-alcohol motifs (C(OH)–C–C–N with tert-alkyl or cyclic N) is 1. The third kappa shape index (κ3) is 1.84. The summed E-state index contributed by atoms with van der Waals surface area (Å²) in [6.07, 6.45) is -0.618. The maximum atomic E-state index is 11.8. The Morgan fingerprint density at radius 2 is 2.12 bits per heavy atom. The molecule has 0 radical (unpaired) electrons. The van der Waals surface area contributed by atoms with Crippen LogP contribution in [0, 0.1) is 0 Å². The Hall–Kier alpha value is -0.960. The molecule has 8 heteroatoms. The zero-order valence-corrected chi connectivity index (χ0v) is 9.66. The molecule has 0 saturated carbocycles. The molecule has 2 N–H and O–H groups in total. The molecular formula is C8H9NO5S2. The molecule has 1 saturated heterocycles. The zero-order chi connectivity index (χ0) is 11.9. The number of aliphatic hydroxyl groups excluding tert-OH is 1. The molecule has 0 bridgehead atoms. The van der Waals surface area contributed by atoms with Crippen molar-refractivity contribution in [2.24, 2.45) is 0 Å². The molecule has 0 atom stereocenters. The standard InChI is InChI=1S/C8H9NO5S2/c10-5-2-9(3-5)16(13,14)6-1-7(8(11)12)15-4-6/h1,4-5,10H,2-3H2,(H,11,12). The van der Waals surface area contributed by atoms with Gasteiger partial charge < -0.3 is 10.2 Å². The van der Waals surface area contributed by atoms with Crippen molar-refractivity contribution >= 4 is 27.3 Å². The van der Waals surface area contributed by atoms with Gasteiger partial charge in [0.15, 0.2) is 0 Å². The summed E-state index contributed by atoms with van der Waals surface area (Å²) >= 11 is 0.869. The van der Waals surface area contributed by atoms with Crippen LogP contribution in [0.2, 0.25) is 0 Å². The summed E-state index contributed by atoms with van der Waals surface area (Å²) in [6, 6.07) is 1.13. The number of aliphatic hydroxyl groups is 1. The molecule has 6 nitrogen and oxygen atoms in total. The number of hydrogen-bond acceptors (Lipinski definition) is 5. The van der Waals surface area contributed by atoms with E-state index in [9.17, 15) is 13.2 Å². The normalized spacial score (nSPS) is 18.3. The van der Waals surface area contributed by atoms with Crippen LogP contribution in [0.1, 0.15) is 9.67 Å². The van der Waals surface area contributed by atoms with Crippen LogP contribution in [0.25, 0.3) is 0 Å². The van der Waals surface area contributed by atoms with E-state index in [0.717, 1.165) is 21.7 Å². The predicted octanol–water partition coefficient (Wildman–Crippen LogP) is -0.189. The lowest BCUT2D eigenvalue weighted by Gasteiger charge is -2.34. The average Bonchev–Trinajstić information content (AvgIpc) is 2.61. The van der Waals surface area contributed by atoms with Crippen LogP contribution in [-0.2, 0) is 10.0 Å². The van der Waals surface area contributed by atoms with Crippen molar-refractivity contribution in [3.8, 4) is 0 Å². The van der Waals surface area contributed by atoms with E-state index in [1.165, 1.54) is 5.38 Å². The Morgan fingerprint density at radius 1 is 1.50 bits per heavy atom. The van der Waals surface area contributed by atoms with Crippen LogP contribution in [-0.4, -0.2) is 48.1 Å². The molecule has 1 fully saturated rings. The number of nitrogens with zero attached hydrogens (tertiary/aromatic N) is 1. The van der Waals surface area contributed by atoms with Crippen LogP contribution < -0.4 is 0 Å². The fraction of sp³-hybridized carbons (Fsp3) is 0.375. The molecule has 0 aliphatic carbocycles. The fourth-order valence-corrected chi connectivity index (χ4v) is 3.94. The Labute approximate surface area is 95.8 Å². The first-order valence-corrected chi connectivity index (χ1v) is 6.73. The molecule has 0 spiro atoms. The molecule has 0 aromatic carbocycles. The van der Waals surface area contributed by atoms with Gasteiger partial charge in [0.25, 0.3) is 0 Å². The monoisotopic (exact) mass is 263 g/mol. The number of carbonyl (C=O) groups is 1. The summed E-state index contributed by atoms with van der Waals surface area (Å²) in [5, 5.41) is 19.0. The lowest BCUT2D eigenvalue weighted by atomic mass is 10.2. The van der Waals surface area contributed by atoms with Crippen molar-refractivity contribution in [2.45, 2.75) is 11.0 Å². The van der Waals surface area contributed by atoms with Gasteiger partial charge in [0, 0.05) is 18.5 Å². The second kappa shape index (κ2) is 3.81. The highest BCUT2D eigenvalue weighted by Gasteiger charge is 2.36. The smallest absolute Gasteiger partial charge is 0.345 e. The quantitative estimate of drug-likeness (QED) is 0.788. The summed E-state index contributed by atoms with van der Waals surface area (Å²) in [4.78, 5) is 10.6. The topological polar surface area (TPSA) is 94.9 Å². The van der Waals surface area contributed by atoms with Gasteiger partial charge in [-0.3, -0.25) is 0 Å². The molecule has 1 aromatic rings. The second-order valence-corrected chi connectivity index (χ2v) is 6.28. The number of carboxylic acids is 1. The first-order chi connectivity index (χ1) is 7.41. The van der Waals surface area contributed by atoms with E-state index >= 15 is 0 Å². The van der Waals surface area contributed by atoms with Gasteiger partial charge in [-0.1, -0.05) is 0 Å². The molecule has 1 aliphatic heterocycles. The van der Waals surface area contributed by atoms with Gasteiger partial charge in [0.2, 0.25) is 10.0 Å². The van der Waals surface area contributed by atoms with Gasteiger partial charge >= 0.3 is 5.97 Å².